The van der Waals surface area contributed by atoms with Gasteiger partial charge in [-0.15, -0.1) is 0 Å². The molecule has 1 aromatic heterocycles. The Morgan fingerprint density at radius 2 is 2.00 bits per heavy atom. The van der Waals surface area contributed by atoms with E-state index in [9.17, 15) is 0 Å². The van der Waals surface area contributed by atoms with Crippen LogP contribution in [-0.2, 0) is 0 Å². The molecule has 2 fully saturated rings. The van der Waals surface area contributed by atoms with Crippen molar-refractivity contribution in [1.29, 1.82) is 0 Å². The first-order chi connectivity index (χ1) is 7.17. The van der Waals surface area contributed by atoms with Gasteiger partial charge in [0.2, 0.25) is 0 Å². The third-order valence-corrected chi connectivity index (χ3v) is 3.75. The molecule has 80 valence electrons. The van der Waals surface area contributed by atoms with Gasteiger partial charge in [-0.05, 0) is 29.0 Å². The van der Waals surface area contributed by atoms with Crippen molar-refractivity contribution in [2.45, 2.75) is 0 Å². The van der Waals surface area contributed by atoms with E-state index in [-0.39, 0.29) is 0 Å². The van der Waals surface area contributed by atoms with Gasteiger partial charge in [-0.3, -0.25) is 4.98 Å². The maximum Gasteiger partial charge on any atom is 0.0564 e. The molecule has 0 aromatic carbocycles. The fraction of sp³-hybridized carbons (Fsp3) is 0.545. The fourth-order valence-electron chi connectivity index (χ4n) is 2.82. The van der Waals surface area contributed by atoms with E-state index in [0.29, 0.717) is 5.41 Å². The van der Waals surface area contributed by atoms with Crippen molar-refractivity contribution in [3.05, 3.63) is 22.9 Å². The third kappa shape index (κ3) is 1.56. The van der Waals surface area contributed by atoms with Crippen molar-refractivity contribution in [1.82, 2.24) is 9.88 Å². The molecule has 2 aliphatic rings. The summed E-state index contributed by atoms with van der Waals surface area (Å²) in [5, 5.41) is 0. The Hall–Kier alpha value is -0.610. The Kier molecular flexibility index (Phi) is 2.04. The van der Waals surface area contributed by atoms with Gasteiger partial charge in [-0.1, -0.05) is 0 Å². The summed E-state index contributed by atoms with van der Waals surface area (Å²) in [4.78, 5) is 8.99. The zero-order valence-electron chi connectivity index (χ0n) is 8.78. The van der Waals surface area contributed by atoms with Gasteiger partial charge >= 0.3 is 0 Å². The van der Waals surface area contributed by atoms with E-state index in [0.717, 1.165) is 4.47 Å². The van der Waals surface area contributed by atoms with Crippen LogP contribution in [0.2, 0.25) is 0 Å². The monoisotopic (exact) mass is 267 g/mol. The number of hydrogen-bond acceptors (Lipinski definition) is 3. The Labute approximate surface area is 98.2 Å². The van der Waals surface area contributed by atoms with Crippen molar-refractivity contribution in [2.75, 3.05) is 38.1 Å². The second-order valence-corrected chi connectivity index (χ2v) is 5.81. The summed E-state index contributed by atoms with van der Waals surface area (Å²) in [6.07, 6.45) is 3.77. The second kappa shape index (κ2) is 3.19. The summed E-state index contributed by atoms with van der Waals surface area (Å²) in [5.74, 6) is 0. The van der Waals surface area contributed by atoms with E-state index in [1.165, 1.54) is 31.9 Å². The van der Waals surface area contributed by atoms with Gasteiger partial charge in [-0.2, -0.15) is 0 Å². The van der Waals surface area contributed by atoms with E-state index in [1.807, 2.05) is 12.4 Å². The Morgan fingerprint density at radius 1 is 1.27 bits per heavy atom. The number of rotatable bonds is 1. The SMILES string of the molecule is CN1CC2(C1)CN(c1cncc(Br)c1)C2. The molecule has 1 spiro atoms. The van der Waals surface area contributed by atoms with E-state index >= 15 is 0 Å². The molecular weight excluding hydrogens is 254 g/mol. The minimum Gasteiger partial charge on any atom is -0.369 e. The van der Waals surface area contributed by atoms with Gasteiger partial charge in [0.15, 0.2) is 0 Å². The van der Waals surface area contributed by atoms with Gasteiger partial charge in [0.25, 0.3) is 0 Å². The van der Waals surface area contributed by atoms with Gasteiger partial charge in [-0.25, -0.2) is 0 Å². The average Bonchev–Trinajstić information content (AvgIpc) is 2.08. The molecule has 0 amide bonds. The van der Waals surface area contributed by atoms with E-state index in [1.54, 1.807) is 0 Å². The number of nitrogens with zero attached hydrogens (tertiary/aromatic N) is 3. The van der Waals surface area contributed by atoms with Gasteiger partial charge in [0.1, 0.15) is 0 Å². The molecule has 15 heavy (non-hydrogen) atoms. The summed E-state index contributed by atoms with van der Waals surface area (Å²) in [6, 6.07) is 2.14. The molecular formula is C11H14BrN3. The zero-order chi connectivity index (χ0) is 10.5. The van der Waals surface area contributed by atoms with Crippen molar-refractivity contribution in [3.8, 4) is 0 Å². The number of aromatic nitrogens is 1. The Bertz CT molecular complexity index is 379. The fourth-order valence-corrected chi connectivity index (χ4v) is 3.17. The largest absolute Gasteiger partial charge is 0.369 e. The van der Waals surface area contributed by atoms with Gasteiger partial charge < -0.3 is 9.80 Å². The topological polar surface area (TPSA) is 19.4 Å². The molecule has 2 saturated heterocycles. The highest BCUT2D eigenvalue weighted by Crippen LogP contribution is 2.41. The predicted molar refractivity (Wildman–Crippen MR) is 64.1 cm³/mol. The van der Waals surface area contributed by atoms with E-state index in [2.05, 4.69) is 43.8 Å². The maximum absolute atomic E-state index is 4.19. The summed E-state index contributed by atoms with van der Waals surface area (Å²) < 4.78 is 1.06. The lowest BCUT2D eigenvalue weighted by molar-refractivity contribution is -0.00242. The minimum atomic E-state index is 0.594. The summed E-state index contributed by atoms with van der Waals surface area (Å²) in [7, 11) is 2.19. The number of halogens is 1. The normalized spacial score (nSPS) is 23.7. The molecule has 0 radical (unpaired) electrons. The number of pyridine rings is 1. The number of hydrogen-bond donors (Lipinski definition) is 0. The van der Waals surface area contributed by atoms with E-state index in [4.69, 9.17) is 0 Å². The van der Waals surface area contributed by atoms with Gasteiger partial charge in [0, 0.05) is 42.3 Å². The van der Waals surface area contributed by atoms with Crippen LogP contribution in [0.4, 0.5) is 5.69 Å². The molecule has 3 rings (SSSR count). The molecule has 0 aliphatic carbocycles. The molecule has 0 unspecified atom stereocenters. The lowest BCUT2D eigenvalue weighted by Gasteiger charge is -2.60. The molecule has 4 heteroatoms. The van der Waals surface area contributed by atoms with Crippen molar-refractivity contribution in [2.24, 2.45) is 5.41 Å². The molecule has 0 saturated carbocycles. The predicted octanol–water partition coefficient (Wildman–Crippen LogP) is 1.60. The van der Waals surface area contributed by atoms with Crippen molar-refractivity contribution >= 4 is 21.6 Å². The molecule has 2 aliphatic heterocycles. The average molecular weight is 268 g/mol. The maximum atomic E-state index is 4.19. The standard InChI is InChI=1S/C11H14BrN3/c1-14-5-11(6-14)7-15(8-11)10-2-9(12)3-13-4-10/h2-4H,5-8H2,1H3. The minimum absolute atomic E-state index is 0.594. The van der Waals surface area contributed by atoms with Crippen LogP contribution in [0.3, 0.4) is 0 Å². The highest BCUT2D eigenvalue weighted by Gasteiger charge is 2.50. The quantitative estimate of drug-likeness (QED) is 0.771. The first kappa shape index (κ1) is 9.60. The van der Waals surface area contributed by atoms with E-state index < -0.39 is 0 Å². The third-order valence-electron chi connectivity index (χ3n) is 3.32. The van der Waals surface area contributed by atoms with Crippen LogP contribution < -0.4 is 4.90 Å². The molecule has 1 aromatic rings. The van der Waals surface area contributed by atoms with Crippen LogP contribution in [0.5, 0.6) is 0 Å². The van der Waals surface area contributed by atoms with Crippen molar-refractivity contribution in [3.63, 3.8) is 0 Å². The molecule has 3 nitrogen and oxygen atoms in total. The Morgan fingerprint density at radius 3 is 2.60 bits per heavy atom. The first-order valence-electron chi connectivity index (χ1n) is 5.21. The van der Waals surface area contributed by atoms with Crippen LogP contribution in [0.15, 0.2) is 22.9 Å². The summed E-state index contributed by atoms with van der Waals surface area (Å²) in [6.45, 7) is 4.89. The van der Waals surface area contributed by atoms with Crippen molar-refractivity contribution < 1.29 is 0 Å². The van der Waals surface area contributed by atoms with Crippen LogP contribution in [0.25, 0.3) is 0 Å². The molecule has 0 N–H and O–H groups in total. The molecule has 0 atom stereocenters. The highest BCUT2D eigenvalue weighted by atomic mass is 79.9. The number of likely N-dealkylation sites (tertiary alicyclic amines) is 1. The van der Waals surface area contributed by atoms with Gasteiger partial charge in [0.05, 0.1) is 11.9 Å². The lowest BCUT2D eigenvalue weighted by atomic mass is 9.73. The van der Waals surface area contributed by atoms with Crippen LogP contribution in [-0.4, -0.2) is 43.1 Å². The van der Waals surface area contributed by atoms with Crippen LogP contribution >= 0.6 is 15.9 Å². The Balaban J connectivity index is 1.68. The lowest BCUT2D eigenvalue weighted by Crippen LogP contribution is -2.71. The van der Waals surface area contributed by atoms with Crippen LogP contribution in [0, 0.1) is 5.41 Å². The number of anilines is 1. The molecule has 0 bridgehead atoms. The summed E-state index contributed by atoms with van der Waals surface area (Å²) in [5.41, 5.74) is 1.83. The smallest absolute Gasteiger partial charge is 0.0564 e. The van der Waals surface area contributed by atoms with Crippen LogP contribution in [0.1, 0.15) is 0 Å². The highest BCUT2D eigenvalue weighted by molar-refractivity contribution is 9.10. The zero-order valence-corrected chi connectivity index (χ0v) is 10.4. The second-order valence-electron chi connectivity index (χ2n) is 4.89. The molecule has 3 heterocycles. The first-order valence-corrected chi connectivity index (χ1v) is 6.00. The summed E-state index contributed by atoms with van der Waals surface area (Å²) >= 11 is 3.46.